The molecule has 0 spiro atoms. The lowest BCUT2D eigenvalue weighted by Crippen LogP contribution is -2.51. The zero-order valence-corrected chi connectivity index (χ0v) is 16.3. The van der Waals surface area contributed by atoms with Crippen molar-refractivity contribution in [3.63, 3.8) is 0 Å². The van der Waals surface area contributed by atoms with Gasteiger partial charge in [0, 0.05) is 49.2 Å². The third-order valence-electron chi connectivity index (χ3n) is 4.24. The molecule has 0 aliphatic carbocycles. The zero-order chi connectivity index (χ0) is 18.6. The minimum absolute atomic E-state index is 0.242. The van der Waals surface area contributed by atoms with E-state index in [1.807, 2.05) is 18.8 Å². The van der Waals surface area contributed by atoms with Crippen molar-refractivity contribution in [3.05, 3.63) is 42.0 Å². The molecule has 2 heterocycles. The van der Waals surface area contributed by atoms with Gasteiger partial charge in [0.05, 0.1) is 5.69 Å². The van der Waals surface area contributed by atoms with Crippen molar-refractivity contribution in [1.29, 1.82) is 0 Å². The highest BCUT2D eigenvalue weighted by atomic mass is 32.2. The fraction of sp³-hybridized carbons (Fsp3) is 0.474. The number of aliphatic imine (C=N–C) groups is 1. The Morgan fingerprint density at radius 3 is 2.85 bits per heavy atom. The summed E-state index contributed by atoms with van der Waals surface area (Å²) >= 11 is 2.00. The molecule has 1 aliphatic rings. The van der Waals surface area contributed by atoms with E-state index in [0.717, 1.165) is 49.0 Å². The predicted octanol–water partition coefficient (Wildman–Crippen LogP) is 3.43. The summed E-state index contributed by atoms with van der Waals surface area (Å²) in [6, 6.07) is 6.15. The molecule has 1 aliphatic heterocycles. The van der Waals surface area contributed by atoms with E-state index in [9.17, 15) is 4.39 Å². The van der Waals surface area contributed by atoms with Crippen LogP contribution in [0.4, 0.5) is 4.39 Å². The van der Waals surface area contributed by atoms with Crippen molar-refractivity contribution >= 4 is 17.7 Å². The van der Waals surface area contributed by atoms with Gasteiger partial charge in [0.2, 0.25) is 5.89 Å². The Morgan fingerprint density at radius 2 is 2.15 bits per heavy atom. The number of halogens is 1. The molecule has 0 atom stereocenters. The predicted molar refractivity (Wildman–Crippen MR) is 105 cm³/mol. The number of guanidine groups is 1. The Hall–Kier alpha value is -2.02. The molecule has 140 valence electrons. The van der Waals surface area contributed by atoms with Crippen LogP contribution in [0.2, 0.25) is 0 Å². The molecule has 0 bridgehead atoms. The molecule has 1 aromatic carbocycles. The maximum Gasteiger partial charge on any atom is 0.226 e. The fourth-order valence-electron chi connectivity index (χ4n) is 2.98. The van der Waals surface area contributed by atoms with Crippen LogP contribution in [-0.2, 0) is 6.42 Å². The van der Waals surface area contributed by atoms with Gasteiger partial charge in [-0.25, -0.2) is 9.37 Å². The first kappa shape index (κ1) is 18.8. The first-order valence-corrected chi connectivity index (χ1v) is 9.75. The number of aromatic nitrogens is 1. The Kier molecular flexibility index (Phi) is 5.86. The summed E-state index contributed by atoms with van der Waals surface area (Å²) in [5.41, 5.74) is 1.64. The highest BCUT2D eigenvalue weighted by Gasteiger charge is 2.28. The summed E-state index contributed by atoms with van der Waals surface area (Å²) in [5.74, 6) is 2.29. The molecule has 1 N–H and O–H groups in total. The van der Waals surface area contributed by atoms with Gasteiger partial charge >= 0.3 is 0 Å². The SMILES string of the molecule is CN=C(NCCc1coc(-c2ccc(F)cc2)n1)N1CCSC(C)(C)C1. The van der Waals surface area contributed by atoms with Crippen molar-refractivity contribution in [2.24, 2.45) is 4.99 Å². The van der Waals surface area contributed by atoms with Crippen LogP contribution >= 0.6 is 11.8 Å². The molecule has 7 heteroatoms. The summed E-state index contributed by atoms with van der Waals surface area (Å²) in [4.78, 5) is 11.2. The second-order valence-corrected chi connectivity index (χ2v) is 8.71. The second kappa shape index (κ2) is 8.12. The van der Waals surface area contributed by atoms with Crippen molar-refractivity contribution in [3.8, 4) is 11.5 Å². The molecule has 0 unspecified atom stereocenters. The number of nitrogens with one attached hydrogen (secondary N) is 1. The molecule has 0 saturated carbocycles. The Balaban J connectivity index is 1.53. The molecular formula is C19H25FN4OS. The van der Waals surface area contributed by atoms with Gasteiger partial charge in [-0.2, -0.15) is 11.8 Å². The topological polar surface area (TPSA) is 53.7 Å². The lowest BCUT2D eigenvalue weighted by Gasteiger charge is -2.39. The molecule has 2 aromatic rings. The van der Waals surface area contributed by atoms with Crippen LogP contribution < -0.4 is 5.32 Å². The summed E-state index contributed by atoms with van der Waals surface area (Å²) in [6.45, 7) is 7.25. The van der Waals surface area contributed by atoms with Gasteiger partial charge in [-0.05, 0) is 38.1 Å². The summed E-state index contributed by atoms with van der Waals surface area (Å²) in [7, 11) is 1.82. The third-order valence-corrected chi connectivity index (χ3v) is 5.54. The van der Waals surface area contributed by atoms with Crippen LogP contribution in [-0.4, -0.2) is 53.0 Å². The van der Waals surface area contributed by atoms with Crippen molar-refractivity contribution in [2.75, 3.05) is 32.4 Å². The summed E-state index contributed by atoms with van der Waals surface area (Å²) < 4.78 is 18.8. The molecule has 3 rings (SSSR count). The third kappa shape index (κ3) is 4.78. The summed E-state index contributed by atoms with van der Waals surface area (Å²) in [5, 5.41) is 3.42. The molecule has 1 fully saturated rings. The van der Waals surface area contributed by atoms with E-state index in [-0.39, 0.29) is 10.6 Å². The average Bonchev–Trinajstić information content (AvgIpc) is 3.07. The van der Waals surface area contributed by atoms with E-state index in [1.165, 1.54) is 12.1 Å². The van der Waals surface area contributed by atoms with E-state index in [2.05, 4.69) is 34.0 Å². The number of benzene rings is 1. The molecule has 0 radical (unpaired) electrons. The number of hydrogen-bond donors (Lipinski definition) is 1. The molecule has 26 heavy (non-hydrogen) atoms. The monoisotopic (exact) mass is 376 g/mol. The first-order chi connectivity index (χ1) is 12.5. The van der Waals surface area contributed by atoms with Crippen LogP contribution in [0, 0.1) is 5.82 Å². The Labute approximate surface area is 158 Å². The maximum atomic E-state index is 13.0. The highest BCUT2D eigenvalue weighted by Crippen LogP contribution is 2.29. The van der Waals surface area contributed by atoms with E-state index in [1.54, 1.807) is 18.4 Å². The lowest BCUT2D eigenvalue weighted by atomic mass is 10.2. The second-order valence-electron chi connectivity index (χ2n) is 6.90. The molecular weight excluding hydrogens is 351 g/mol. The molecule has 1 saturated heterocycles. The standard InChI is InChI=1S/C19H25FN4OS/c1-19(2)13-24(10-11-26-19)18(21-3)22-9-8-16-12-25-17(23-16)14-4-6-15(20)7-5-14/h4-7,12H,8-11,13H2,1-3H3,(H,21,22). The molecule has 1 aromatic heterocycles. The van der Waals surface area contributed by atoms with Crippen LogP contribution in [0.25, 0.3) is 11.5 Å². The summed E-state index contributed by atoms with van der Waals surface area (Å²) in [6.07, 6.45) is 2.39. The lowest BCUT2D eigenvalue weighted by molar-refractivity contribution is 0.376. The zero-order valence-electron chi connectivity index (χ0n) is 15.5. The van der Waals surface area contributed by atoms with Gasteiger partial charge in [0.1, 0.15) is 12.1 Å². The molecule has 5 nitrogen and oxygen atoms in total. The van der Waals surface area contributed by atoms with Crippen molar-refractivity contribution < 1.29 is 8.81 Å². The van der Waals surface area contributed by atoms with Crippen LogP contribution in [0.15, 0.2) is 39.9 Å². The van der Waals surface area contributed by atoms with E-state index in [4.69, 9.17) is 4.42 Å². The van der Waals surface area contributed by atoms with Gasteiger partial charge in [-0.1, -0.05) is 0 Å². The van der Waals surface area contributed by atoms with E-state index >= 15 is 0 Å². The van der Waals surface area contributed by atoms with Gasteiger partial charge in [-0.15, -0.1) is 0 Å². The average molecular weight is 377 g/mol. The number of oxazole rings is 1. The number of rotatable bonds is 4. The minimum Gasteiger partial charge on any atom is -0.444 e. The normalized spacial score (nSPS) is 17.4. The largest absolute Gasteiger partial charge is 0.444 e. The molecule has 0 amide bonds. The van der Waals surface area contributed by atoms with Gasteiger partial charge in [0.15, 0.2) is 5.96 Å². The van der Waals surface area contributed by atoms with Crippen LogP contribution in [0.1, 0.15) is 19.5 Å². The first-order valence-electron chi connectivity index (χ1n) is 8.77. The quantitative estimate of drug-likeness (QED) is 0.654. The maximum absolute atomic E-state index is 13.0. The van der Waals surface area contributed by atoms with Crippen LogP contribution in [0.5, 0.6) is 0 Å². The van der Waals surface area contributed by atoms with E-state index in [0.29, 0.717) is 5.89 Å². The smallest absolute Gasteiger partial charge is 0.226 e. The number of thioether (sulfide) groups is 1. The van der Waals surface area contributed by atoms with Crippen molar-refractivity contribution in [2.45, 2.75) is 25.0 Å². The number of hydrogen-bond acceptors (Lipinski definition) is 4. The highest BCUT2D eigenvalue weighted by molar-refractivity contribution is 8.00. The van der Waals surface area contributed by atoms with Gasteiger partial charge < -0.3 is 14.6 Å². The van der Waals surface area contributed by atoms with Gasteiger partial charge in [0.25, 0.3) is 0 Å². The van der Waals surface area contributed by atoms with Gasteiger partial charge in [-0.3, -0.25) is 4.99 Å². The Morgan fingerprint density at radius 1 is 1.38 bits per heavy atom. The fourth-order valence-corrected chi connectivity index (χ4v) is 4.09. The minimum atomic E-state index is -0.268. The van der Waals surface area contributed by atoms with E-state index < -0.39 is 0 Å². The van der Waals surface area contributed by atoms with Crippen LogP contribution in [0.3, 0.4) is 0 Å². The Bertz CT molecular complexity index is 757. The number of nitrogens with zero attached hydrogens (tertiary/aromatic N) is 3. The van der Waals surface area contributed by atoms with Crippen molar-refractivity contribution in [1.82, 2.24) is 15.2 Å².